The number of rotatable bonds is 6. The van der Waals surface area contributed by atoms with E-state index in [4.69, 9.17) is 0 Å². The van der Waals surface area contributed by atoms with Gasteiger partial charge in [0.05, 0.1) is 0 Å². The molecule has 0 aliphatic rings. The summed E-state index contributed by atoms with van der Waals surface area (Å²) in [5, 5.41) is 20.2. The number of phenolic OH excluding ortho intramolecular Hbond substituents is 2. The third-order valence-corrected chi connectivity index (χ3v) is 5.09. The zero-order chi connectivity index (χ0) is 18.5. The maximum absolute atomic E-state index is 10.1. The van der Waals surface area contributed by atoms with E-state index in [1.807, 2.05) is 36.4 Å². The first kappa shape index (κ1) is 18.1. The molecule has 2 unspecified atom stereocenters. The number of aromatic hydroxyl groups is 2. The smallest absolute Gasteiger partial charge is 0.118 e. The third-order valence-electron chi connectivity index (χ3n) is 5.09. The minimum atomic E-state index is 0.298. The van der Waals surface area contributed by atoms with Crippen LogP contribution in [0.2, 0.25) is 0 Å². The van der Waals surface area contributed by atoms with E-state index in [-0.39, 0.29) is 0 Å². The molecular formula is C24H26O2. The van der Waals surface area contributed by atoms with Crippen molar-refractivity contribution in [1.29, 1.82) is 0 Å². The molecule has 3 aromatic carbocycles. The molecule has 2 atom stereocenters. The Balaban J connectivity index is 1.83. The zero-order valence-corrected chi connectivity index (χ0v) is 15.4. The summed E-state index contributed by atoms with van der Waals surface area (Å²) in [6, 6.07) is 23.6. The molecule has 0 aliphatic carbocycles. The molecule has 0 saturated heterocycles. The van der Waals surface area contributed by atoms with Gasteiger partial charge in [0.1, 0.15) is 11.5 Å². The van der Waals surface area contributed by atoms with Crippen LogP contribution in [0.3, 0.4) is 0 Å². The molecule has 0 saturated carbocycles. The highest BCUT2D eigenvalue weighted by Crippen LogP contribution is 2.33. The van der Waals surface area contributed by atoms with Crippen LogP contribution in [-0.4, -0.2) is 10.2 Å². The molecule has 0 heterocycles. The van der Waals surface area contributed by atoms with E-state index in [0.29, 0.717) is 23.3 Å². The summed E-state index contributed by atoms with van der Waals surface area (Å²) in [6.07, 6.45) is 1.60. The fourth-order valence-electron chi connectivity index (χ4n) is 3.65. The Hall–Kier alpha value is -2.74. The van der Waals surface area contributed by atoms with Crippen LogP contribution in [0.15, 0.2) is 72.8 Å². The largest absolute Gasteiger partial charge is 0.508 e. The second-order valence-corrected chi connectivity index (χ2v) is 7.10. The van der Waals surface area contributed by atoms with Gasteiger partial charge in [0.25, 0.3) is 0 Å². The SMILES string of the molecule is CC(Cc1ccccc1O)c1ccccc1C(C)Cc1ccccc1O. The molecule has 2 N–H and O–H groups in total. The van der Waals surface area contributed by atoms with Crippen LogP contribution in [0, 0.1) is 0 Å². The average molecular weight is 346 g/mol. The maximum Gasteiger partial charge on any atom is 0.118 e. The van der Waals surface area contributed by atoms with E-state index in [1.165, 1.54) is 11.1 Å². The monoisotopic (exact) mass is 346 g/mol. The highest BCUT2D eigenvalue weighted by Gasteiger charge is 2.17. The summed E-state index contributed by atoms with van der Waals surface area (Å²) in [5.41, 5.74) is 4.56. The molecule has 0 aromatic heterocycles. The number of benzene rings is 3. The summed E-state index contributed by atoms with van der Waals surface area (Å²) < 4.78 is 0. The third kappa shape index (κ3) is 4.08. The minimum absolute atomic E-state index is 0.298. The van der Waals surface area contributed by atoms with Crippen molar-refractivity contribution in [1.82, 2.24) is 0 Å². The Bertz CT molecular complexity index is 797. The second kappa shape index (κ2) is 8.09. The van der Waals surface area contributed by atoms with Gasteiger partial charge in [-0.25, -0.2) is 0 Å². The van der Waals surface area contributed by atoms with E-state index in [2.05, 4.69) is 38.1 Å². The van der Waals surface area contributed by atoms with Crippen molar-refractivity contribution in [2.45, 2.75) is 38.5 Å². The van der Waals surface area contributed by atoms with Gasteiger partial charge in [0.15, 0.2) is 0 Å². The van der Waals surface area contributed by atoms with Crippen LogP contribution in [-0.2, 0) is 12.8 Å². The van der Waals surface area contributed by atoms with Gasteiger partial charge >= 0.3 is 0 Å². The predicted octanol–water partition coefficient (Wildman–Crippen LogP) is 5.79. The molecule has 134 valence electrons. The van der Waals surface area contributed by atoms with E-state index >= 15 is 0 Å². The molecule has 2 nitrogen and oxygen atoms in total. The van der Waals surface area contributed by atoms with Crippen molar-refractivity contribution in [3.63, 3.8) is 0 Å². The summed E-state index contributed by atoms with van der Waals surface area (Å²) in [5.74, 6) is 1.32. The zero-order valence-electron chi connectivity index (χ0n) is 15.4. The van der Waals surface area contributed by atoms with Crippen LogP contribution < -0.4 is 0 Å². The van der Waals surface area contributed by atoms with Crippen molar-refractivity contribution in [2.24, 2.45) is 0 Å². The molecule has 0 amide bonds. The lowest BCUT2D eigenvalue weighted by Crippen LogP contribution is -2.07. The van der Waals surface area contributed by atoms with Crippen LogP contribution in [0.1, 0.15) is 47.9 Å². The van der Waals surface area contributed by atoms with E-state index < -0.39 is 0 Å². The highest BCUT2D eigenvalue weighted by atomic mass is 16.3. The van der Waals surface area contributed by atoms with Crippen molar-refractivity contribution in [3.8, 4) is 11.5 Å². The van der Waals surface area contributed by atoms with Crippen LogP contribution in [0.4, 0.5) is 0 Å². The first-order chi connectivity index (χ1) is 12.6. The molecule has 2 heteroatoms. The Kier molecular flexibility index (Phi) is 5.62. The topological polar surface area (TPSA) is 40.5 Å². The molecule has 0 spiro atoms. The lowest BCUT2D eigenvalue weighted by Gasteiger charge is -2.21. The van der Waals surface area contributed by atoms with Crippen LogP contribution >= 0.6 is 0 Å². The summed E-state index contributed by atoms with van der Waals surface area (Å²) in [6.45, 7) is 4.41. The number of phenols is 2. The molecule has 0 bridgehead atoms. The lowest BCUT2D eigenvalue weighted by molar-refractivity contribution is 0.464. The fraction of sp³-hybridized carbons (Fsp3) is 0.250. The van der Waals surface area contributed by atoms with Gasteiger partial charge in [-0.1, -0.05) is 74.5 Å². The van der Waals surface area contributed by atoms with Crippen molar-refractivity contribution in [2.75, 3.05) is 0 Å². The first-order valence-corrected chi connectivity index (χ1v) is 9.18. The van der Waals surface area contributed by atoms with Gasteiger partial charge in [-0.2, -0.15) is 0 Å². The number of hydrogen-bond acceptors (Lipinski definition) is 2. The molecule has 0 radical (unpaired) electrons. The van der Waals surface area contributed by atoms with Crippen LogP contribution in [0.5, 0.6) is 11.5 Å². The molecule has 0 aliphatic heterocycles. The summed E-state index contributed by atoms with van der Waals surface area (Å²) in [7, 11) is 0. The van der Waals surface area contributed by atoms with Crippen LogP contribution in [0.25, 0.3) is 0 Å². The van der Waals surface area contributed by atoms with Gasteiger partial charge < -0.3 is 10.2 Å². The molecule has 3 rings (SSSR count). The lowest BCUT2D eigenvalue weighted by atomic mass is 9.83. The molecule has 26 heavy (non-hydrogen) atoms. The average Bonchev–Trinajstić information content (AvgIpc) is 2.65. The van der Waals surface area contributed by atoms with E-state index in [0.717, 1.165) is 24.0 Å². The quantitative estimate of drug-likeness (QED) is 0.593. The summed E-state index contributed by atoms with van der Waals surface area (Å²) >= 11 is 0. The van der Waals surface area contributed by atoms with E-state index in [9.17, 15) is 10.2 Å². The Morgan fingerprint density at radius 3 is 1.31 bits per heavy atom. The first-order valence-electron chi connectivity index (χ1n) is 9.18. The highest BCUT2D eigenvalue weighted by molar-refractivity contribution is 5.39. The standard InChI is InChI=1S/C24H26O2/c1-17(15-19-9-3-7-13-23(19)25)21-11-5-6-12-22(21)18(2)16-20-10-4-8-14-24(20)26/h3-14,17-18,25-26H,15-16H2,1-2H3. The summed E-state index contributed by atoms with van der Waals surface area (Å²) in [4.78, 5) is 0. The van der Waals surface area contributed by atoms with Gasteiger partial charge in [-0.05, 0) is 59.1 Å². The van der Waals surface area contributed by atoms with Gasteiger partial charge in [-0.15, -0.1) is 0 Å². The molecular weight excluding hydrogens is 320 g/mol. The van der Waals surface area contributed by atoms with Gasteiger partial charge in [0, 0.05) is 0 Å². The number of hydrogen-bond donors (Lipinski definition) is 2. The Morgan fingerprint density at radius 1 is 0.577 bits per heavy atom. The Morgan fingerprint density at radius 2 is 0.923 bits per heavy atom. The van der Waals surface area contributed by atoms with Gasteiger partial charge in [0.2, 0.25) is 0 Å². The minimum Gasteiger partial charge on any atom is -0.508 e. The number of para-hydroxylation sites is 2. The maximum atomic E-state index is 10.1. The van der Waals surface area contributed by atoms with Crippen molar-refractivity contribution in [3.05, 3.63) is 95.1 Å². The van der Waals surface area contributed by atoms with E-state index in [1.54, 1.807) is 12.1 Å². The Labute approximate surface area is 155 Å². The molecule has 0 fully saturated rings. The normalized spacial score (nSPS) is 13.3. The van der Waals surface area contributed by atoms with Crippen molar-refractivity contribution >= 4 is 0 Å². The fourth-order valence-corrected chi connectivity index (χ4v) is 3.65. The molecule has 3 aromatic rings. The van der Waals surface area contributed by atoms with Crippen molar-refractivity contribution < 1.29 is 10.2 Å². The second-order valence-electron chi connectivity index (χ2n) is 7.10. The van der Waals surface area contributed by atoms with Gasteiger partial charge in [-0.3, -0.25) is 0 Å². The predicted molar refractivity (Wildman–Crippen MR) is 107 cm³/mol.